The molecular formula is C10H5ClINO3. The average molecular weight is 350 g/mol. The van der Waals surface area contributed by atoms with Crippen molar-refractivity contribution in [2.75, 3.05) is 0 Å². The highest BCUT2D eigenvalue weighted by atomic mass is 127. The lowest BCUT2D eigenvalue weighted by molar-refractivity contribution is 0.468. The molecule has 6 heteroatoms. The summed E-state index contributed by atoms with van der Waals surface area (Å²) in [5, 5.41) is 10.0. The zero-order valence-electron chi connectivity index (χ0n) is 7.75. The van der Waals surface area contributed by atoms with Gasteiger partial charge in [-0.3, -0.25) is 9.59 Å². The summed E-state index contributed by atoms with van der Waals surface area (Å²) in [5.74, 6) is -0.604. The van der Waals surface area contributed by atoms with E-state index < -0.39 is 16.7 Å². The van der Waals surface area contributed by atoms with E-state index in [1.807, 2.05) is 22.6 Å². The van der Waals surface area contributed by atoms with E-state index in [0.29, 0.717) is 19.5 Å². The third-order valence-corrected chi connectivity index (χ3v) is 3.12. The molecule has 0 unspecified atom stereocenters. The summed E-state index contributed by atoms with van der Waals surface area (Å²) in [6, 6.07) is 3.99. The Hall–Kier alpha value is -1.08. The fraction of sp³-hybridized carbons (Fsp3) is 0. The first-order chi connectivity index (χ1) is 7.49. The second-order valence-corrected chi connectivity index (χ2v) is 4.76. The number of H-pyrrole nitrogens is 1. The Morgan fingerprint density at radius 2 is 1.94 bits per heavy atom. The monoisotopic (exact) mass is 349 g/mol. The summed E-state index contributed by atoms with van der Waals surface area (Å²) >= 11 is 7.77. The number of halogens is 2. The third-order valence-electron chi connectivity index (χ3n) is 2.05. The number of nitrogens with one attached hydrogen (secondary N) is 1. The van der Waals surface area contributed by atoms with Gasteiger partial charge < -0.3 is 10.1 Å². The van der Waals surface area contributed by atoms with Crippen LogP contribution in [0, 0.1) is 3.57 Å². The highest BCUT2D eigenvalue weighted by Gasteiger charge is 2.06. The van der Waals surface area contributed by atoms with Crippen molar-refractivity contribution < 1.29 is 5.11 Å². The van der Waals surface area contributed by atoms with Crippen LogP contribution in [0.3, 0.4) is 0 Å². The van der Waals surface area contributed by atoms with Crippen LogP contribution in [-0.2, 0) is 0 Å². The molecule has 1 aromatic carbocycles. The maximum absolute atomic E-state index is 11.7. The van der Waals surface area contributed by atoms with E-state index in [1.54, 1.807) is 6.07 Å². The Morgan fingerprint density at radius 3 is 2.62 bits per heavy atom. The molecule has 2 N–H and O–H groups in total. The molecule has 0 aliphatic carbocycles. The smallest absolute Gasteiger partial charge is 0.290 e. The van der Waals surface area contributed by atoms with Gasteiger partial charge in [0, 0.05) is 14.7 Å². The molecule has 2 rings (SSSR count). The molecule has 0 aliphatic rings. The topological polar surface area (TPSA) is 70.2 Å². The lowest BCUT2D eigenvalue weighted by Crippen LogP contribution is -2.00. The van der Waals surface area contributed by atoms with E-state index in [1.165, 1.54) is 6.07 Å². The van der Waals surface area contributed by atoms with Crippen LogP contribution in [0.25, 0.3) is 10.9 Å². The van der Waals surface area contributed by atoms with Crippen molar-refractivity contribution in [3.63, 3.8) is 0 Å². The van der Waals surface area contributed by atoms with Crippen molar-refractivity contribution in [1.82, 2.24) is 4.98 Å². The number of aromatic nitrogens is 1. The standard InChI is InChI=1S/C10H5ClINO3/c11-4-1-5(12)9-6(2-4)13-10(16)8(15)3-7(9)14/h1-3,15H,(H,13,16). The average Bonchev–Trinajstić information content (AvgIpc) is 2.24. The highest BCUT2D eigenvalue weighted by molar-refractivity contribution is 14.1. The van der Waals surface area contributed by atoms with Gasteiger partial charge in [0.1, 0.15) is 0 Å². The van der Waals surface area contributed by atoms with Gasteiger partial charge in [0.15, 0.2) is 11.2 Å². The molecule has 2 aromatic rings. The molecule has 0 saturated carbocycles. The molecule has 0 atom stereocenters. The molecule has 0 aliphatic heterocycles. The fourth-order valence-corrected chi connectivity index (χ4v) is 2.66. The predicted molar refractivity (Wildman–Crippen MR) is 70.2 cm³/mol. The molecule has 0 saturated heterocycles. The Morgan fingerprint density at radius 1 is 1.25 bits per heavy atom. The third kappa shape index (κ3) is 1.92. The zero-order chi connectivity index (χ0) is 11.9. The molecule has 16 heavy (non-hydrogen) atoms. The number of rotatable bonds is 0. The SMILES string of the molecule is O=c1[nH]c2cc(Cl)cc(I)c2c(=O)cc1O. The lowest BCUT2D eigenvalue weighted by Gasteiger charge is -1.96. The minimum atomic E-state index is -0.717. The summed E-state index contributed by atoms with van der Waals surface area (Å²) in [6.07, 6.45) is 0. The maximum Gasteiger partial charge on any atom is 0.290 e. The van der Waals surface area contributed by atoms with Crippen LogP contribution in [0.15, 0.2) is 27.8 Å². The number of hydrogen-bond acceptors (Lipinski definition) is 3. The van der Waals surface area contributed by atoms with Crippen molar-refractivity contribution in [2.24, 2.45) is 0 Å². The first kappa shape index (κ1) is 11.4. The van der Waals surface area contributed by atoms with E-state index in [0.717, 1.165) is 6.07 Å². The Balaban J connectivity index is 3.16. The fourth-order valence-electron chi connectivity index (χ4n) is 1.37. The van der Waals surface area contributed by atoms with Gasteiger partial charge in [0.25, 0.3) is 5.56 Å². The molecule has 0 amide bonds. The van der Waals surface area contributed by atoms with Gasteiger partial charge in [-0.1, -0.05) is 11.6 Å². The van der Waals surface area contributed by atoms with Gasteiger partial charge >= 0.3 is 0 Å². The first-order valence-electron chi connectivity index (χ1n) is 4.24. The Bertz CT molecular complexity index is 696. The van der Waals surface area contributed by atoms with E-state index in [4.69, 9.17) is 11.6 Å². The Labute approximate surface area is 108 Å². The zero-order valence-corrected chi connectivity index (χ0v) is 10.7. The van der Waals surface area contributed by atoms with Gasteiger partial charge in [-0.05, 0) is 34.7 Å². The van der Waals surface area contributed by atoms with Crippen molar-refractivity contribution >= 4 is 45.1 Å². The maximum atomic E-state index is 11.7. The number of hydrogen-bond donors (Lipinski definition) is 2. The molecule has 0 fully saturated rings. The number of aromatic amines is 1. The van der Waals surface area contributed by atoms with Gasteiger partial charge in [-0.25, -0.2) is 0 Å². The highest BCUT2D eigenvalue weighted by Crippen LogP contribution is 2.20. The van der Waals surface area contributed by atoms with Crippen LogP contribution in [-0.4, -0.2) is 10.1 Å². The van der Waals surface area contributed by atoms with E-state index >= 15 is 0 Å². The van der Waals surface area contributed by atoms with Crippen molar-refractivity contribution in [2.45, 2.75) is 0 Å². The van der Waals surface area contributed by atoms with Crippen LogP contribution in [0.5, 0.6) is 5.75 Å². The predicted octanol–water partition coefficient (Wildman–Crippen LogP) is 1.85. The molecule has 0 radical (unpaired) electrons. The Kier molecular flexibility index (Phi) is 2.90. The number of aromatic hydroxyl groups is 1. The van der Waals surface area contributed by atoms with Crippen LogP contribution >= 0.6 is 34.2 Å². The van der Waals surface area contributed by atoms with Crippen molar-refractivity contribution in [3.8, 4) is 5.75 Å². The van der Waals surface area contributed by atoms with E-state index in [-0.39, 0.29) is 0 Å². The molecule has 1 aromatic heterocycles. The van der Waals surface area contributed by atoms with E-state index in [9.17, 15) is 14.7 Å². The number of fused-ring (bicyclic) bond motifs is 1. The van der Waals surface area contributed by atoms with Crippen LogP contribution in [0.1, 0.15) is 0 Å². The largest absolute Gasteiger partial charge is 0.503 e. The summed E-state index contributed by atoms with van der Waals surface area (Å²) in [5.41, 5.74) is -0.829. The molecule has 0 spiro atoms. The molecule has 1 heterocycles. The first-order valence-corrected chi connectivity index (χ1v) is 5.70. The summed E-state index contributed by atoms with van der Waals surface area (Å²) < 4.78 is 0.622. The lowest BCUT2D eigenvalue weighted by atomic mass is 10.2. The second-order valence-electron chi connectivity index (χ2n) is 3.16. The van der Waals surface area contributed by atoms with Gasteiger partial charge in [-0.15, -0.1) is 0 Å². The molecular weight excluding hydrogens is 344 g/mol. The number of benzene rings is 1. The summed E-state index contributed by atoms with van der Waals surface area (Å²) in [7, 11) is 0. The van der Waals surface area contributed by atoms with Crippen LogP contribution in [0.2, 0.25) is 5.02 Å². The van der Waals surface area contributed by atoms with Crippen LogP contribution < -0.4 is 11.0 Å². The molecule has 4 nitrogen and oxygen atoms in total. The van der Waals surface area contributed by atoms with Gasteiger partial charge in [0.05, 0.1) is 10.9 Å². The van der Waals surface area contributed by atoms with Crippen molar-refractivity contribution in [1.29, 1.82) is 0 Å². The quantitative estimate of drug-likeness (QED) is 0.713. The summed E-state index contributed by atoms with van der Waals surface area (Å²) in [6.45, 7) is 0. The normalized spacial score (nSPS) is 10.6. The van der Waals surface area contributed by atoms with Crippen molar-refractivity contribution in [3.05, 3.63) is 47.4 Å². The summed E-state index contributed by atoms with van der Waals surface area (Å²) in [4.78, 5) is 25.5. The second kappa shape index (κ2) is 4.06. The van der Waals surface area contributed by atoms with Crippen LogP contribution in [0.4, 0.5) is 0 Å². The van der Waals surface area contributed by atoms with Gasteiger partial charge in [0.2, 0.25) is 0 Å². The van der Waals surface area contributed by atoms with Gasteiger partial charge in [-0.2, -0.15) is 0 Å². The minimum Gasteiger partial charge on any atom is -0.503 e. The molecule has 82 valence electrons. The molecule has 0 bridgehead atoms. The minimum absolute atomic E-state index is 0.312. The van der Waals surface area contributed by atoms with E-state index in [2.05, 4.69) is 4.98 Å².